The lowest BCUT2D eigenvalue weighted by atomic mass is 9.97. The lowest BCUT2D eigenvalue weighted by molar-refractivity contribution is 0.686. The number of hydrogen-bond acceptors (Lipinski definition) is 5. The van der Waals surface area contributed by atoms with Gasteiger partial charge in [0.25, 0.3) is 0 Å². The molecular formula is C21H23N3OS2. The van der Waals surface area contributed by atoms with E-state index in [4.69, 9.17) is 9.97 Å². The van der Waals surface area contributed by atoms with E-state index in [0.29, 0.717) is 11.7 Å². The van der Waals surface area contributed by atoms with Crippen molar-refractivity contribution in [3.63, 3.8) is 0 Å². The maximum absolute atomic E-state index is 11.6. The highest BCUT2D eigenvalue weighted by molar-refractivity contribution is 7.83. The number of hydrogen-bond donors (Lipinski definition) is 1. The smallest absolute Gasteiger partial charge is 0.143 e. The molecule has 1 fully saturated rings. The molecule has 1 saturated carbocycles. The van der Waals surface area contributed by atoms with Crippen molar-refractivity contribution < 1.29 is 4.21 Å². The first-order chi connectivity index (χ1) is 13.2. The molecule has 1 aromatic carbocycles. The van der Waals surface area contributed by atoms with Gasteiger partial charge in [-0.05, 0) is 61.8 Å². The lowest BCUT2D eigenvalue weighted by Gasteiger charge is -2.14. The van der Waals surface area contributed by atoms with Crippen molar-refractivity contribution in [1.29, 1.82) is 0 Å². The van der Waals surface area contributed by atoms with Crippen LogP contribution in [0.2, 0.25) is 0 Å². The van der Waals surface area contributed by atoms with E-state index >= 15 is 0 Å². The molecular weight excluding hydrogens is 374 g/mol. The molecule has 27 heavy (non-hydrogen) atoms. The van der Waals surface area contributed by atoms with Crippen molar-refractivity contribution in [2.75, 3.05) is 11.6 Å². The average Bonchev–Trinajstić information content (AvgIpc) is 3.42. The van der Waals surface area contributed by atoms with Gasteiger partial charge >= 0.3 is 0 Å². The molecule has 1 N–H and O–H groups in total. The molecule has 0 radical (unpaired) electrons. The largest absolute Gasteiger partial charge is 0.340 e. The van der Waals surface area contributed by atoms with Crippen LogP contribution in [0.4, 0.5) is 11.5 Å². The Morgan fingerprint density at radius 2 is 2.07 bits per heavy atom. The van der Waals surface area contributed by atoms with Gasteiger partial charge in [0.15, 0.2) is 0 Å². The molecule has 1 unspecified atom stereocenters. The first kappa shape index (κ1) is 17.3. The molecule has 2 aliphatic carbocycles. The SMILES string of the molecule is CS(=O)Cc1cccc(Nc2nc(C3CC3)nc3sc4c(c23)CCCC4)c1. The van der Waals surface area contributed by atoms with E-state index in [9.17, 15) is 4.21 Å². The van der Waals surface area contributed by atoms with E-state index in [0.717, 1.165) is 34.1 Å². The third-order valence-corrected chi connectivity index (χ3v) is 7.26. The van der Waals surface area contributed by atoms with E-state index in [2.05, 4.69) is 17.4 Å². The Hall–Kier alpha value is -1.79. The minimum absolute atomic E-state index is 0.530. The Bertz CT molecular complexity index is 1040. The molecule has 6 heteroatoms. The Morgan fingerprint density at radius 3 is 2.89 bits per heavy atom. The first-order valence-corrected chi connectivity index (χ1v) is 12.2. The maximum atomic E-state index is 11.6. The minimum atomic E-state index is -0.842. The van der Waals surface area contributed by atoms with Gasteiger partial charge in [-0.3, -0.25) is 4.21 Å². The molecule has 0 aliphatic heterocycles. The van der Waals surface area contributed by atoms with Crippen LogP contribution >= 0.6 is 11.3 Å². The number of rotatable bonds is 5. The van der Waals surface area contributed by atoms with Gasteiger partial charge in [0.1, 0.15) is 16.5 Å². The van der Waals surface area contributed by atoms with E-state index in [-0.39, 0.29) is 0 Å². The van der Waals surface area contributed by atoms with Crippen molar-refractivity contribution in [2.24, 2.45) is 0 Å². The predicted molar refractivity (Wildman–Crippen MR) is 114 cm³/mol. The summed E-state index contributed by atoms with van der Waals surface area (Å²) in [7, 11) is -0.842. The monoisotopic (exact) mass is 397 g/mol. The summed E-state index contributed by atoms with van der Waals surface area (Å²) >= 11 is 1.86. The first-order valence-electron chi connectivity index (χ1n) is 9.65. The number of benzene rings is 1. The molecule has 0 amide bonds. The summed E-state index contributed by atoms with van der Waals surface area (Å²) in [6.45, 7) is 0. The summed E-state index contributed by atoms with van der Waals surface area (Å²) in [5, 5.41) is 4.80. The molecule has 2 aliphatic rings. The summed E-state index contributed by atoms with van der Waals surface area (Å²) in [6.07, 6.45) is 8.98. The number of thiophene rings is 1. The molecule has 2 heterocycles. The van der Waals surface area contributed by atoms with Crippen LogP contribution in [0.3, 0.4) is 0 Å². The topological polar surface area (TPSA) is 54.9 Å². The van der Waals surface area contributed by atoms with Gasteiger partial charge in [-0.15, -0.1) is 11.3 Å². The van der Waals surface area contributed by atoms with Crippen LogP contribution in [-0.2, 0) is 29.4 Å². The van der Waals surface area contributed by atoms with Crippen molar-refractivity contribution >= 4 is 43.9 Å². The highest BCUT2D eigenvalue weighted by atomic mass is 32.2. The van der Waals surface area contributed by atoms with Crippen LogP contribution in [-0.4, -0.2) is 20.4 Å². The maximum Gasteiger partial charge on any atom is 0.143 e. The molecule has 4 nitrogen and oxygen atoms in total. The molecule has 5 rings (SSSR count). The number of fused-ring (bicyclic) bond motifs is 3. The minimum Gasteiger partial charge on any atom is -0.340 e. The van der Waals surface area contributed by atoms with Crippen molar-refractivity contribution in [1.82, 2.24) is 9.97 Å². The van der Waals surface area contributed by atoms with Gasteiger partial charge in [0.05, 0.1) is 5.39 Å². The van der Waals surface area contributed by atoms with Crippen molar-refractivity contribution in [3.8, 4) is 0 Å². The Balaban J connectivity index is 1.59. The third kappa shape index (κ3) is 3.52. The third-order valence-electron chi connectivity index (χ3n) is 5.33. The van der Waals surface area contributed by atoms with Gasteiger partial charge in [-0.1, -0.05) is 12.1 Å². The second-order valence-electron chi connectivity index (χ2n) is 7.64. The number of nitrogens with one attached hydrogen (secondary N) is 1. The zero-order valence-electron chi connectivity index (χ0n) is 15.5. The molecule has 140 valence electrons. The van der Waals surface area contributed by atoms with Crippen LogP contribution in [0.15, 0.2) is 24.3 Å². The van der Waals surface area contributed by atoms with Crippen LogP contribution in [0.1, 0.15) is 53.4 Å². The van der Waals surface area contributed by atoms with E-state index in [1.54, 1.807) is 6.26 Å². The summed E-state index contributed by atoms with van der Waals surface area (Å²) < 4.78 is 11.6. The summed E-state index contributed by atoms with van der Waals surface area (Å²) in [6, 6.07) is 8.20. The summed E-state index contributed by atoms with van der Waals surface area (Å²) in [5.41, 5.74) is 3.55. The molecule has 1 atom stereocenters. The molecule has 0 saturated heterocycles. The fourth-order valence-corrected chi connectivity index (χ4v) is 5.82. The number of anilines is 2. The second-order valence-corrected chi connectivity index (χ2v) is 10.2. The lowest BCUT2D eigenvalue weighted by Crippen LogP contribution is -2.03. The van der Waals surface area contributed by atoms with Crippen LogP contribution in [0.25, 0.3) is 10.2 Å². The van der Waals surface area contributed by atoms with E-state index in [1.165, 1.54) is 47.9 Å². The fraction of sp³-hybridized carbons (Fsp3) is 0.429. The van der Waals surface area contributed by atoms with Gasteiger partial charge in [-0.2, -0.15) is 0 Å². The average molecular weight is 398 g/mol. The van der Waals surface area contributed by atoms with Crippen LogP contribution in [0, 0.1) is 0 Å². The van der Waals surface area contributed by atoms with E-state index in [1.807, 2.05) is 23.5 Å². The quantitative estimate of drug-likeness (QED) is 0.653. The molecule has 0 bridgehead atoms. The standard InChI is InChI=1S/C21H23N3OS2/c1-27(25)12-13-5-4-6-15(11-13)22-20-18-16-7-2-3-8-17(16)26-21(18)24-19(23-20)14-9-10-14/h4-6,11,14H,2-3,7-10,12H2,1H3,(H,22,23,24). The predicted octanol–water partition coefficient (Wildman–Crippen LogP) is 5.07. The Kier molecular flexibility index (Phi) is 4.48. The highest BCUT2D eigenvalue weighted by Gasteiger charge is 2.29. The van der Waals surface area contributed by atoms with Gasteiger partial charge in [-0.25, -0.2) is 9.97 Å². The molecule has 3 aromatic rings. The normalized spacial score (nSPS) is 17.7. The Morgan fingerprint density at radius 1 is 1.22 bits per heavy atom. The van der Waals surface area contributed by atoms with Gasteiger partial charge < -0.3 is 5.32 Å². The number of nitrogens with zero attached hydrogens (tertiary/aromatic N) is 2. The second kappa shape index (κ2) is 6.99. The van der Waals surface area contributed by atoms with Gasteiger partial charge in [0, 0.05) is 39.3 Å². The Labute approximate surface area is 165 Å². The number of aryl methyl sites for hydroxylation is 2. The zero-order chi connectivity index (χ0) is 18.4. The van der Waals surface area contributed by atoms with Crippen molar-refractivity contribution in [3.05, 3.63) is 46.1 Å². The van der Waals surface area contributed by atoms with Crippen molar-refractivity contribution in [2.45, 2.75) is 50.2 Å². The summed E-state index contributed by atoms with van der Waals surface area (Å²) in [4.78, 5) is 12.5. The number of aromatic nitrogens is 2. The van der Waals surface area contributed by atoms with Crippen LogP contribution < -0.4 is 5.32 Å². The molecule has 2 aromatic heterocycles. The summed E-state index contributed by atoms with van der Waals surface area (Å²) in [5.74, 6) is 3.06. The molecule has 0 spiro atoms. The highest BCUT2D eigenvalue weighted by Crippen LogP contribution is 2.43. The fourth-order valence-electron chi connectivity index (χ4n) is 3.90. The zero-order valence-corrected chi connectivity index (χ0v) is 17.1. The van der Waals surface area contributed by atoms with E-state index < -0.39 is 10.8 Å². The van der Waals surface area contributed by atoms with Gasteiger partial charge in [0.2, 0.25) is 0 Å². The van der Waals surface area contributed by atoms with Crippen LogP contribution in [0.5, 0.6) is 0 Å².